The van der Waals surface area contributed by atoms with Gasteiger partial charge in [0.1, 0.15) is 12.1 Å². The molecule has 3 saturated heterocycles. The number of carbonyl (C=O) groups excluding carboxylic acids is 3. The van der Waals surface area contributed by atoms with E-state index in [9.17, 15) is 14.4 Å². The summed E-state index contributed by atoms with van der Waals surface area (Å²) in [5.74, 6) is -0.249. The van der Waals surface area contributed by atoms with E-state index in [0.29, 0.717) is 32.5 Å². The first-order chi connectivity index (χ1) is 15.4. The lowest BCUT2D eigenvalue weighted by atomic mass is 9.67. The molecule has 4 rings (SSSR count). The van der Waals surface area contributed by atoms with Crippen LogP contribution in [0.4, 0.5) is 4.79 Å². The predicted octanol–water partition coefficient (Wildman–Crippen LogP) is 1.17. The van der Waals surface area contributed by atoms with Gasteiger partial charge in [0.2, 0.25) is 11.8 Å². The fourth-order valence-corrected chi connectivity index (χ4v) is 5.68. The zero-order valence-corrected chi connectivity index (χ0v) is 19.2. The Bertz CT molecular complexity index is 732. The predicted molar refractivity (Wildman–Crippen MR) is 120 cm³/mol. The standard InChI is InChI=1S/C23H37N5O4/c1-24-14-17(12-16-4-9-25-20(16)29)26-21(30)19-13-23(7-3-8-23)15-28(19)22(31)32-18-5-10-27(2)11-6-18/h16-19H,1,3-15H2,2H3,(H,25,29)(H,26,30). The third-order valence-electron chi connectivity index (χ3n) is 7.82. The maximum atomic E-state index is 13.3. The number of amides is 3. The number of likely N-dealkylation sites (tertiary alicyclic amines) is 2. The van der Waals surface area contributed by atoms with Gasteiger partial charge in [0.15, 0.2) is 0 Å². The molecule has 0 aromatic heterocycles. The molecule has 3 aliphatic heterocycles. The van der Waals surface area contributed by atoms with Crippen LogP contribution in [0.1, 0.15) is 51.4 Å². The van der Waals surface area contributed by atoms with Crippen molar-refractivity contribution in [1.29, 1.82) is 0 Å². The molecule has 4 aliphatic rings. The maximum absolute atomic E-state index is 13.3. The van der Waals surface area contributed by atoms with Crippen LogP contribution in [0.3, 0.4) is 0 Å². The second kappa shape index (κ2) is 9.77. The van der Waals surface area contributed by atoms with E-state index < -0.39 is 6.04 Å². The lowest BCUT2D eigenvalue weighted by Crippen LogP contribution is -2.51. The number of hydrogen-bond donors (Lipinski definition) is 2. The Morgan fingerprint density at radius 3 is 2.66 bits per heavy atom. The summed E-state index contributed by atoms with van der Waals surface area (Å²) < 4.78 is 5.84. The second-order valence-corrected chi connectivity index (χ2v) is 10.2. The number of nitrogens with one attached hydrogen (secondary N) is 2. The Morgan fingerprint density at radius 1 is 1.31 bits per heavy atom. The smallest absolute Gasteiger partial charge is 0.410 e. The summed E-state index contributed by atoms with van der Waals surface area (Å²) in [5, 5.41) is 5.92. The minimum absolute atomic E-state index is 0.0333. The highest BCUT2D eigenvalue weighted by Crippen LogP contribution is 2.50. The molecule has 9 nitrogen and oxygen atoms in total. The summed E-state index contributed by atoms with van der Waals surface area (Å²) in [7, 11) is 2.07. The van der Waals surface area contributed by atoms with E-state index in [0.717, 1.165) is 51.6 Å². The number of hydrogen-bond acceptors (Lipinski definition) is 6. The van der Waals surface area contributed by atoms with Crippen molar-refractivity contribution in [3.05, 3.63) is 0 Å². The highest BCUT2D eigenvalue weighted by atomic mass is 16.6. The van der Waals surface area contributed by atoms with E-state index in [4.69, 9.17) is 4.74 Å². The number of rotatable bonds is 7. The summed E-state index contributed by atoms with van der Waals surface area (Å²) in [6.07, 6.45) is 6.44. The van der Waals surface area contributed by atoms with Gasteiger partial charge in [-0.25, -0.2) is 4.79 Å². The van der Waals surface area contributed by atoms with Crippen LogP contribution in [0.2, 0.25) is 0 Å². The van der Waals surface area contributed by atoms with Crippen LogP contribution in [-0.2, 0) is 14.3 Å². The van der Waals surface area contributed by atoms with Gasteiger partial charge in [-0.15, -0.1) is 0 Å². The Balaban J connectivity index is 1.40. The minimum Gasteiger partial charge on any atom is -0.446 e. The second-order valence-electron chi connectivity index (χ2n) is 10.2. The molecule has 1 saturated carbocycles. The Hall–Kier alpha value is -2.16. The van der Waals surface area contributed by atoms with E-state index in [-0.39, 0.29) is 41.4 Å². The van der Waals surface area contributed by atoms with Crippen molar-refractivity contribution in [2.45, 2.75) is 69.6 Å². The molecule has 3 atom stereocenters. The first-order valence-electron chi connectivity index (χ1n) is 12.1. The average Bonchev–Trinajstić information content (AvgIpc) is 3.34. The summed E-state index contributed by atoms with van der Waals surface area (Å²) in [4.78, 5) is 46.3. The van der Waals surface area contributed by atoms with Crippen LogP contribution in [0.25, 0.3) is 0 Å². The lowest BCUT2D eigenvalue weighted by Gasteiger charge is -2.37. The van der Waals surface area contributed by atoms with E-state index in [1.807, 2.05) is 0 Å². The fourth-order valence-electron chi connectivity index (χ4n) is 5.68. The number of carbonyl (C=O) groups is 3. The molecule has 4 fully saturated rings. The number of ether oxygens (including phenoxy) is 1. The van der Waals surface area contributed by atoms with Crippen molar-refractivity contribution in [2.24, 2.45) is 16.3 Å². The molecule has 0 aromatic rings. The van der Waals surface area contributed by atoms with E-state index in [1.165, 1.54) is 0 Å². The Morgan fingerprint density at radius 2 is 2.06 bits per heavy atom. The van der Waals surface area contributed by atoms with Crippen molar-refractivity contribution >= 4 is 24.6 Å². The first-order valence-corrected chi connectivity index (χ1v) is 12.1. The normalized spacial score (nSPS) is 28.8. The van der Waals surface area contributed by atoms with Gasteiger partial charge in [-0.2, -0.15) is 0 Å². The topological polar surface area (TPSA) is 103 Å². The number of piperidine rings is 1. The van der Waals surface area contributed by atoms with Crippen LogP contribution in [0, 0.1) is 11.3 Å². The molecule has 32 heavy (non-hydrogen) atoms. The van der Waals surface area contributed by atoms with Gasteiger partial charge in [0.25, 0.3) is 0 Å². The van der Waals surface area contributed by atoms with Crippen molar-refractivity contribution in [1.82, 2.24) is 20.4 Å². The molecule has 0 radical (unpaired) electrons. The van der Waals surface area contributed by atoms with E-state index >= 15 is 0 Å². The molecular weight excluding hydrogens is 410 g/mol. The van der Waals surface area contributed by atoms with Gasteiger partial charge in [0.05, 0.1) is 6.54 Å². The molecule has 9 heteroatoms. The molecule has 3 heterocycles. The molecule has 3 unspecified atom stereocenters. The van der Waals surface area contributed by atoms with Crippen molar-refractivity contribution in [3.63, 3.8) is 0 Å². The third-order valence-corrected chi connectivity index (χ3v) is 7.82. The molecule has 178 valence electrons. The van der Waals surface area contributed by atoms with Crippen LogP contribution >= 0.6 is 0 Å². The van der Waals surface area contributed by atoms with Crippen LogP contribution in [0.15, 0.2) is 4.99 Å². The molecule has 2 N–H and O–H groups in total. The zero-order chi connectivity index (χ0) is 22.7. The summed E-state index contributed by atoms with van der Waals surface area (Å²) >= 11 is 0. The highest BCUT2D eigenvalue weighted by Gasteiger charge is 2.52. The van der Waals surface area contributed by atoms with Gasteiger partial charge in [-0.1, -0.05) is 6.42 Å². The largest absolute Gasteiger partial charge is 0.446 e. The first kappa shape index (κ1) is 23.0. The van der Waals surface area contributed by atoms with Crippen molar-refractivity contribution in [3.8, 4) is 0 Å². The summed E-state index contributed by atoms with van der Waals surface area (Å²) in [5.41, 5.74) is 0.0470. The number of nitrogens with zero attached hydrogens (tertiary/aromatic N) is 3. The summed E-state index contributed by atoms with van der Waals surface area (Å²) in [6, 6.07) is -0.794. The van der Waals surface area contributed by atoms with Gasteiger partial charge in [-0.3, -0.25) is 19.5 Å². The zero-order valence-electron chi connectivity index (χ0n) is 19.2. The van der Waals surface area contributed by atoms with Crippen LogP contribution in [-0.4, -0.2) is 92.4 Å². The molecule has 0 bridgehead atoms. The fraction of sp³-hybridized carbons (Fsp3) is 0.826. The van der Waals surface area contributed by atoms with Crippen LogP contribution in [0.5, 0.6) is 0 Å². The van der Waals surface area contributed by atoms with Gasteiger partial charge < -0.3 is 20.3 Å². The molecule has 1 aliphatic carbocycles. The van der Waals surface area contributed by atoms with Crippen molar-refractivity contribution in [2.75, 3.05) is 39.8 Å². The molecular formula is C23H37N5O4. The van der Waals surface area contributed by atoms with Crippen LogP contribution < -0.4 is 10.6 Å². The number of aliphatic imine (C=N–C) groups is 1. The minimum atomic E-state index is -0.529. The quantitative estimate of drug-likeness (QED) is 0.571. The van der Waals surface area contributed by atoms with Gasteiger partial charge in [-0.05, 0) is 64.1 Å². The SMILES string of the molecule is C=NCC(CC1CCNC1=O)NC(=O)C1CC2(CCC2)CN1C(=O)OC1CCN(C)CC1. The summed E-state index contributed by atoms with van der Waals surface area (Å²) in [6.45, 7) is 7.01. The van der Waals surface area contributed by atoms with E-state index in [2.05, 4.69) is 34.3 Å². The molecule has 3 amide bonds. The average molecular weight is 448 g/mol. The van der Waals surface area contributed by atoms with E-state index in [1.54, 1.807) is 4.90 Å². The molecule has 0 aromatic carbocycles. The van der Waals surface area contributed by atoms with Crippen molar-refractivity contribution < 1.29 is 19.1 Å². The third kappa shape index (κ3) is 5.08. The lowest BCUT2D eigenvalue weighted by molar-refractivity contribution is -0.127. The van der Waals surface area contributed by atoms with Gasteiger partial charge >= 0.3 is 6.09 Å². The molecule has 1 spiro atoms. The maximum Gasteiger partial charge on any atom is 0.410 e. The Kier molecular flexibility index (Phi) is 7.02. The monoisotopic (exact) mass is 447 g/mol. The van der Waals surface area contributed by atoms with Gasteiger partial charge in [0, 0.05) is 38.1 Å². The Labute approximate surface area is 190 Å². The highest BCUT2D eigenvalue weighted by molar-refractivity contribution is 5.87.